The smallest absolute Gasteiger partial charge is 0.217 e. The lowest BCUT2D eigenvalue weighted by Crippen LogP contribution is -2.70. The Kier molecular flexibility index (Phi) is 27.4. The molecule has 36 atom stereocenters. The first-order valence-corrected chi connectivity index (χ1v) is 28.7. The van der Waals surface area contributed by atoms with Gasteiger partial charge in [0.15, 0.2) is 44.0 Å². The molecule has 40 heteroatoms. The fourth-order valence-corrected chi connectivity index (χ4v) is 11.2. The summed E-state index contributed by atoms with van der Waals surface area (Å²) in [5.74, 6) is -1.74. The molecular weight excluding hydrogens is 1230 g/mol. The van der Waals surface area contributed by atoms with Crippen LogP contribution in [0.3, 0.4) is 0 Å². The Balaban J connectivity index is 1.07. The van der Waals surface area contributed by atoms with Gasteiger partial charge in [0.2, 0.25) is 18.2 Å². The third kappa shape index (κ3) is 16.6. The van der Waals surface area contributed by atoms with E-state index in [0.717, 1.165) is 13.8 Å². The van der Waals surface area contributed by atoms with Gasteiger partial charge in [0.05, 0.1) is 65.0 Å². The quantitative estimate of drug-likeness (QED) is 0.0358. The van der Waals surface area contributed by atoms with Crippen LogP contribution in [0.25, 0.3) is 0 Å². The van der Waals surface area contributed by atoms with Crippen LogP contribution in [0.15, 0.2) is 0 Å². The minimum atomic E-state index is -2.25. The van der Waals surface area contributed by atoms with Crippen molar-refractivity contribution in [3.05, 3.63) is 0 Å². The van der Waals surface area contributed by atoms with Gasteiger partial charge in [0.1, 0.15) is 165 Å². The van der Waals surface area contributed by atoms with Crippen LogP contribution in [-0.2, 0) is 80.7 Å². The second-order valence-corrected chi connectivity index (χ2v) is 22.5. The second-order valence-electron chi connectivity index (χ2n) is 22.5. The van der Waals surface area contributed by atoms with Crippen LogP contribution < -0.4 is 16.0 Å². The zero-order valence-electron chi connectivity index (χ0n) is 48.4. The predicted octanol–water partition coefficient (Wildman–Crippen LogP) is -15.8. The van der Waals surface area contributed by atoms with Crippen LogP contribution >= 0.6 is 0 Å². The standard InChI is InChI=1S/C50H85N3O37/c1-13-25(63)31(69)35(73)47(79-13)90-43-33(71)26(64)17(5-55)82-50(43)87-39-20(8-58)83-44(23(30(39)68)52-14(2)61)78-11-22-27(65)32(70)36(74)48(85-22)88-41-24(53-15(3)62)45(80-18(6-56)28(41)66)89-42-29(67)19(7-57)81-49(38(42)76)86-40-21(9-59)84-46(37(75)34(40)72)77-10-16(4-54)51-12-60/h12-13,16-50,54-59,63-76H,4-11H2,1-3H3,(H,51,60)(H,52,61)(H,53,62)/t13-,16+,17+,18+,19+,20+,21+,22+,23+,24+,25+,26-,27-,28+,29-,30+,31+,32-,33-,34+,35-,36+,37+,38+,39+,40+,41+,42-,43+,44+,45-,46+,47-,48-,49-,50-/m0/s1. The number of carbonyl (C=O) groups excluding carboxylic acids is 3. The van der Waals surface area contributed by atoms with E-state index in [2.05, 4.69) is 16.0 Å². The molecule has 7 heterocycles. The number of nitrogens with one attached hydrogen (secondary N) is 3. The first-order valence-electron chi connectivity index (χ1n) is 28.7. The van der Waals surface area contributed by atoms with Crippen LogP contribution in [0.4, 0.5) is 0 Å². The van der Waals surface area contributed by atoms with E-state index in [0.29, 0.717) is 0 Å². The predicted molar refractivity (Wildman–Crippen MR) is 277 cm³/mol. The second kappa shape index (κ2) is 33.1. The van der Waals surface area contributed by atoms with Crippen molar-refractivity contribution in [3.8, 4) is 0 Å². The zero-order chi connectivity index (χ0) is 66.3. The first-order chi connectivity index (χ1) is 42.7. The molecule has 40 nitrogen and oxygen atoms in total. The first kappa shape index (κ1) is 74.4. The van der Waals surface area contributed by atoms with Gasteiger partial charge in [-0.05, 0) is 6.92 Å². The lowest BCUT2D eigenvalue weighted by molar-refractivity contribution is -0.385. The molecule has 3 amide bonds. The highest BCUT2D eigenvalue weighted by Crippen LogP contribution is 2.37. The lowest BCUT2D eigenvalue weighted by Gasteiger charge is -2.50. The van der Waals surface area contributed by atoms with E-state index >= 15 is 0 Å². The molecule has 0 spiro atoms. The minimum absolute atomic E-state index is 0.268. The molecule has 7 aliphatic rings. The lowest BCUT2D eigenvalue weighted by atomic mass is 9.94. The van der Waals surface area contributed by atoms with E-state index in [-0.39, 0.29) is 6.41 Å². The Bertz CT molecular complexity index is 2230. The van der Waals surface area contributed by atoms with E-state index in [4.69, 9.17) is 66.3 Å². The van der Waals surface area contributed by atoms with Crippen LogP contribution in [-0.4, -0.2) is 394 Å². The van der Waals surface area contributed by atoms with Gasteiger partial charge in [0.25, 0.3) is 0 Å². The summed E-state index contributed by atoms with van der Waals surface area (Å²) in [4.78, 5) is 36.5. The van der Waals surface area contributed by atoms with Crippen LogP contribution in [0.2, 0.25) is 0 Å². The van der Waals surface area contributed by atoms with Crippen molar-refractivity contribution in [2.75, 3.05) is 52.9 Å². The third-order valence-electron chi connectivity index (χ3n) is 16.3. The van der Waals surface area contributed by atoms with E-state index in [1.807, 2.05) is 0 Å². The summed E-state index contributed by atoms with van der Waals surface area (Å²) in [6.45, 7) is -3.70. The van der Waals surface area contributed by atoms with Crippen molar-refractivity contribution in [1.29, 1.82) is 0 Å². The van der Waals surface area contributed by atoms with Crippen molar-refractivity contribution in [2.45, 2.75) is 242 Å². The number of hydrogen-bond acceptors (Lipinski definition) is 37. The molecule has 0 aromatic heterocycles. The van der Waals surface area contributed by atoms with Crippen molar-refractivity contribution < 1.29 is 183 Å². The number of aliphatic hydroxyl groups is 20. The Labute approximate surface area is 510 Å². The van der Waals surface area contributed by atoms with Crippen molar-refractivity contribution in [3.63, 3.8) is 0 Å². The molecule has 7 rings (SSSR count). The molecule has 7 aliphatic heterocycles. The van der Waals surface area contributed by atoms with E-state index in [1.165, 1.54) is 6.92 Å². The molecule has 0 radical (unpaired) electrons. The van der Waals surface area contributed by atoms with Crippen molar-refractivity contribution in [1.82, 2.24) is 16.0 Å². The van der Waals surface area contributed by atoms with Crippen LogP contribution in [0.1, 0.15) is 20.8 Å². The fraction of sp³-hybridized carbons (Fsp3) is 0.940. The van der Waals surface area contributed by atoms with Gasteiger partial charge in [-0.1, -0.05) is 0 Å². The Morgan fingerprint density at radius 2 is 0.800 bits per heavy atom. The van der Waals surface area contributed by atoms with Crippen molar-refractivity contribution in [2.24, 2.45) is 0 Å². The minimum Gasteiger partial charge on any atom is -0.394 e. The monoisotopic (exact) mass is 1320 g/mol. The molecule has 7 fully saturated rings. The average molecular weight is 1320 g/mol. The molecular formula is C50H85N3O37. The highest BCUT2D eigenvalue weighted by molar-refractivity contribution is 5.73. The van der Waals surface area contributed by atoms with Gasteiger partial charge in [-0.15, -0.1) is 0 Å². The molecule has 23 N–H and O–H groups in total. The van der Waals surface area contributed by atoms with E-state index < -0.39 is 286 Å². The van der Waals surface area contributed by atoms with Gasteiger partial charge in [0, 0.05) is 13.8 Å². The maximum Gasteiger partial charge on any atom is 0.217 e. The number of hydrogen-bond donors (Lipinski definition) is 23. The van der Waals surface area contributed by atoms with E-state index in [1.54, 1.807) is 0 Å². The number of rotatable bonds is 26. The molecule has 7 saturated heterocycles. The number of amides is 3. The molecule has 0 bridgehead atoms. The summed E-state index contributed by atoms with van der Waals surface area (Å²) >= 11 is 0. The molecule has 0 aromatic rings. The molecule has 522 valence electrons. The van der Waals surface area contributed by atoms with Crippen molar-refractivity contribution >= 4 is 18.2 Å². The van der Waals surface area contributed by atoms with Gasteiger partial charge < -0.3 is 184 Å². The maximum atomic E-state index is 12.9. The normalized spacial score (nSPS) is 48.1. The Morgan fingerprint density at radius 1 is 0.389 bits per heavy atom. The maximum absolute atomic E-state index is 12.9. The van der Waals surface area contributed by atoms with Gasteiger partial charge in [-0.25, -0.2) is 0 Å². The van der Waals surface area contributed by atoms with Crippen LogP contribution in [0.5, 0.6) is 0 Å². The van der Waals surface area contributed by atoms with E-state index in [9.17, 15) is 117 Å². The topological polar surface area (TPSA) is 621 Å². The molecule has 90 heavy (non-hydrogen) atoms. The summed E-state index contributed by atoms with van der Waals surface area (Å²) in [6.07, 6.45) is -62.5. The fourth-order valence-electron chi connectivity index (χ4n) is 11.2. The SMILES string of the molecule is CC(=O)N[C@H]1[C@H](OC[C@H]2O[C@@H](O[C@H]3[C@H](O)[C@@H](CO)O[C@@H](O[C@H]4[C@@H](O)[C@@H](CO)O[C@@H](O[C@H]5[C@H](O)[C@@H](O)[C@H](OC[C@@H](CO)NC=O)O[C@@H]5CO)[C@@H]4O)[C@@H]3NC(C)=O)[C@H](O)[C@@H](O)[C@H]2O)O[C@H](CO)[C@@H](O[C@@H]2O[C@H](CO)[C@H](O)[C@H](O)[C@H]2O[C@@H]2O[C@@H](C)[C@@H](O)[C@@H](O)[C@@H]2O)[C@@H]1O. The van der Waals surface area contributed by atoms with Gasteiger partial charge in [-0.2, -0.15) is 0 Å². The zero-order valence-corrected chi connectivity index (χ0v) is 48.4. The highest BCUT2D eigenvalue weighted by atomic mass is 16.8. The number of aliphatic hydroxyl groups excluding tert-OH is 20. The number of ether oxygens (including phenoxy) is 14. The Hall–Kier alpha value is -2.95. The molecule has 0 saturated carbocycles. The Morgan fingerprint density at radius 3 is 1.38 bits per heavy atom. The largest absolute Gasteiger partial charge is 0.394 e. The van der Waals surface area contributed by atoms with Gasteiger partial charge in [-0.3, -0.25) is 14.4 Å². The summed E-state index contributed by atoms with van der Waals surface area (Å²) in [5, 5.41) is 224. The molecule has 0 aromatic carbocycles. The van der Waals surface area contributed by atoms with Crippen LogP contribution in [0, 0.1) is 0 Å². The molecule has 0 aliphatic carbocycles. The summed E-state index contributed by atoms with van der Waals surface area (Å²) < 4.78 is 80.9. The molecule has 0 unspecified atom stereocenters. The summed E-state index contributed by atoms with van der Waals surface area (Å²) in [5.41, 5.74) is 0. The van der Waals surface area contributed by atoms with Gasteiger partial charge >= 0.3 is 0 Å². The number of carbonyl (C=O) groups is 3. The average Bonchev–Trinajstić information content (AvgIpc) is 1.87. The summed E-state index contributed by atoms with van der Waals surface area (Å²) in [7, 11) is 0. The highest BCUT2D eigenvalue weighted by Gasteiger charge is 2.58. The third-order valence-corrected chi connectivity index (χ3v) is 16.3. The summed E-state index contributed by atoms with van der Waals surface area (Å²) in [6, 6.07) is -4.56.